The number of ether oxygens (including phenoxy) is 2. The lowest BCUT2D eigenvalue weighted by atomic mass is 9.85. The summed E-state index contributed by atoms with van der Waals surface area (Å²) in [6.07, 6.45) is 7.05. The fourth-order valence-corrected chi connectivity index (χ4v) is 8.51. The van der Waals surface area contributed by atoms with E-state index in [-0.39, 0.29) is 68.6 Å². The molecule has 340 valence electrons. The Balaban J connectivity index is 1.32. The van der Waals surface area contributed by atoms with Crippen molar-refractivity contribution in [2.75, 3.05) is 0 Å². The van der Waals surface area contributed by atoms with Gasteiger partial charge in [-0.25, -0.2) is 19.4 Å². The molecule has 2 aromatic heterocycles. The summed E-state index contributed by atoms with van der Waals surface area (Å²) >= 11 is 0. The number of amides is 2. The van der Waals surface area contributed by atoms with Gasteiger partial charge in [-0.05, 0) is 55.0 Å². The zero-order valence-corrected chi connectivity index (χ0v) is 36.8. The number of hydrogen-bond acceptors (Lipinski definition) is 11. The molecule has 2 unspecified atom stereocenters. The molecule has 1 aromatic carbocycles. The molecule has 5 rings (SSSR count). The number of cyclic esters (lactones) is 1. The lowest BCUT2D eigenvalue weighted by molar-refractivity contribution is -0.189. The van der Waals surface area contributed by atoms with E-state index in [0.717, 1.165) is 55.0 Å². The van der Waals surface area contributed by atoms with E-state index >= 15 is 0 Å². The highest BCUT2D eigenvalue weighted by Crippen LogP contribution is 2.42. The van der Waals surface area contributed by atoms with Crippen molar-refractivity contribution in [2.24, 2.45) is 0 Å². The Labute approximate surface area is 366 Å². The van der Waals surface area contributed by atoms with Crippen LogP contribution in [0.3, 0.4) is 0 Å². The number of carboxylic acids is 2. The Morgan fingerprint density at radius 2 is 1.43 bits per heavy atom. The average molecular weight is 873 g/mol. The lowest BCUT2D eigenvalue weighted by Crippen LogP contribution is -2.47. The van der Waals surface area contributed by atoms with Gasteiger partial charge in [0.05, 0.1) is 35.4 Å². The van der Waals surface area contributed by atoms with E-state index in [1.165, 1.54) is 0 Å². The molecule has 0 aliphatic carbocycles. The van der Waals surface area contributed by atoms with Crippen LogP contribution < -0.4 is 16.2 Å². The number of carbonyl (C=O) groups is 7. The molecule has 0 bridgehead atoms. The summed E-state index contributed by atoms with van der Waals surface area (Å²) in [4.78, 5) is 108. The number of benzene rings is 1. The number of aromatic nitrogens is 2. The van der Waals surface area contributed by atoms with Gasteiger partial charge in [0.1, 0.15) is 24.5 Å². The third kappa shape index (κ3) is 11.4. The predicted molar refractivity (Wildman–Crippen MR) is 232 cm³/mol. The molecule has 3 atom stereocenters. The standard InChI is InChI=1S/C47H60N4O12/c1-5-9-11-13-15-36(44(57)58)48-39(53)20-18-29(52)23-28-17-19-35-31(24-28)30(7-3)32-26-51-38(42(32)50-35)25-34-33(43(51)56)27-62-46(61)47(34,8-4)63-41(55)22-21-40(54)49-37(45(59)60)16-14-12-10-6-2/h17,19,24-25,36-37H,5-16,18,20-23,26-27H2,1-4H3,(H,48,53)(H,49,54)(H,57,58)(H,59,60)/t36?,37?,47-/m0/s1. The first-order chi connectivity index (χ1) is 30.2. The number of ketones is 1. The molecule has 16 nitrogen and oxygen atoms in total. The number of fused-ring (bicyclic) bond motifs is 5. The van der Waals surface area contributed by atoms with Gasteiger partial charge in [-0.3, -0.25) is 24.0 Å². The fraction of sp³-hybridized carbons (Fsp3) is 0.553. The Kier molecular flexibility index (Phi) is 16.7. The largest absolute Gasteiger partial charge is 0.480 e. The third-order valence-corrected chi connectivity index (χ3v) is 12.0. The molecular weight excluding hydrogens is 813 g/mol. The molecule has 4 heterocycles. The van der Waals surface area contributed by atoms with Crippen molar-refractivity contribution >= 4 is 52.4 Å². The van der Waals surface area contributed by atoms with Crippen LogP contribution in [0.15, 0.2) is 29.1 Å². The Morgan fingerprint density at radius 3 is 2.00 bits per heavy atom. The van der Waals surface area contributed by atoms with Gasteiger partial charge in [-0.15, -0.1) is 0 Å². The molecule has 0 radical (unpaired) electrons. The van der Waals surface area contributed by atoms with Crippen molar-refractivity contribution in [3.63, 3.8) is 0 Å². The van der Waals surface area contributed by atoms with E-state index in [0.29, 0.717) is 48.2 Å². The highest BCUT2D eigenvalue weighted by molar-refractivity contribution is 5.93. The minimum Gasteiger partial charge on any atom is -0.480 e. The number of aliphatic carboxylic acids is 2. The van der Waals surface area contributed by atoms with Crippen molar-refractivity contribution in [3.05, 3.63) is 62.4 Å². The number of nitrogens with zero attached hydrogens (tertiary/aromatic N) is 2. The van der Waals surface area contributed by atoms with Crippen LogP contribution in [0.5, 0.6) is 0 Å². The first kappa shape index (κ1) is 48.1. The summed E-state index contributed by atoms with van der Waals surface area (Å²) in [5.41, 5.74) is 1.86. The number of rotatable bonds is 25. The molecule has 16 heteroatoms. The fourth-order valence-electron chi connectivity index (χ4n) is 8.51. The Hall–Kier alpha value is -5.93. The number of carboxylic acid groups (broad SMARTS) is 2. The molecule has 0 saturated carbocycles. The summed E-state index contributed by atoms with van der Waals surface area (Å²) in [5.74, 6) is -5.35. The maximum Gasteiger partial charge on any atom is 0.355 e. The third-order valence-electron chi connectivity index (χ3n) is 12.0. The molecule has 4 N–H and O–H groups in total. The first-order valence-corrected chi connectivity index (χ1v) is 22.3. The van der Waals surface area contributed by atoms with Crippen LogP contribution in [0.4, 0.5) is 0 Å². The quantitative estimate of drug-likeness (QED) is 0.0446. The molecule has 0 fully saturated rings. The summed E-state index contributed by atoms with van der Waals surface area (Å²) in [6, 6.07) is 5.00. The van der Waals surface area contributed by atoms with E-state index in [1.807, 2.05) is 19.9 Å². The molecular formula is C47H60N4O12. The molecule has 2 aliphatic heterocycles. The van der Waals surface area contributed by atoms with Gasteiger partial charge in [-0.1, -0.05) is 85.1 Å². The highest BCUT2D eigenvalue weighted by atomic mass is 16.6. The van der Waals surface area contributed by atoms with E-state index in [1.54, 1.807) is 29.7 Å². The monoisotopic (exact) mass is 872 g/mol. The van der Waals surface area contributed by atoms with Crippen molar-refractivity contribution in [2.45, 2.75) is 168 Å². The number of aryl methyl sites for hydroxylation is 1. The minimum atomic E-state index is -1.99. The molecule has 0 saturated heterocycles. The molecule has 2 amide bonds. The van der Waals surface area contributed by atoms with Crippen molar-refractivity contribution in [1.29, 1.82) is 0 Å². The summed E-state index contributed by atoms with van der Waals surface area (Å²) in [6.45, 7) is 7.52. The van der Waals surface area contributed by atoms with Gasteiger partial charge < -0.3 is 34.9 Å². The SMILES string of the molecule is CCCCCCC(NC(=O)CCC(=O)Cc1ccc2nc3c(c(CC)c2c1)Cn1c-3cc2c(c1=O)COC(=O)[C@@]2(CC)OC(=O)CCC(=O)NC(CCCCCC)C(=O)O)C(=O)O. The van der Waals surface area contributed by atoms with E-state index in [4.69, 9.17) is 14.5 Å². The molecule has 63 heavy (non-hydrogen) atoms. The Morgan fingerprint density at radius 1 is 0.810 bits per heavy atom. The maximum atomic E-state index is 14.2. The van der Waals surface area contributed by atoms with Gasteiger partial charge in [0, 0.05) is 42.2 Å². The maximum absolute atomic E-state index is 14.2. The Bertz CT molecular complexity index is 2300. The van der Waals surface area contributed by atoms with Gasteiger partial charge in [0.15, 0.2) is 0 Å². The smallest absolute Gasteiger partial charge is 0.355 e. The number of Topliss-reactive ketones (excluding diaryl/α,β-unsaturated/α-hetero) is 1. The van der Waals surface area contributed by atoms with Gasteiger partial charge in [0.25, 0.3) is 5.56 Å². The number of pyridine rings is 2. The number of esters is 2. The van der Waals surface area contributed by atoms with Crippen LogP contribution in [0.1, 0.15) is 152 Å². The summed E-state index contributed by atoms with van der Waals surface area (Å²) in [7, 11) is 0. The highest BCUT2D eigenvalue weighted by Gasteiger charge is 2.50. The van der Waals surface area contributed by atoms with Crippen LogP contribution in [0.25, 0.3) is 22.3 Å². The molecule has 3 aromatic rings. The zero-order chi connectivity index (χ0) is 45.8. The summed E-state index contributed by atoms with van der Waals surface area (Å²) in [5, 5.41) is 25.0. The number of nitrogens with one attached hydrogen (secondary N) is 2. The van der Waals surface area contributed by atoms with Gasteiger partial charge >= 0.3 is 23.9 Å². The van der Waals surface area contributed by atoms with E-state index < -0.39 is 65.4 Å². The van der Waals surface area contributed by atoms with Crippen LogP contribution in [0.2, 0.25) is 0 Å². The van der Waals surface area contributed by atoms with E-state index in [2.05, 4.69) is 17.6 Å². The van der Waals surface area contributed by atoms with Crippen LogP contribution in [-0.4, -0.2) is 73.3 Å². The minimum absolute atomic E-state index is 0.0493. The number of carbonyl (C=O) groups excluding carboxylic acids is 5. The van der Waals surface area contributed by atoms with Crippen molar-refractivity contribution < 1.29 is 53.2 Å². The second-order valence-electron chi connectivity index (χ2n) is 16.5. The average Bonchev–Trinajstić information content (AvgIpc) is 3.62. The molecule has 0 spiro atoms. The van der Waals surface area contributed by atoms with Crippen LogP contribution in [-0.2, 0) is 74.6 Å². The number of hydrogen-bond donors (Lipinski definition) is 4. The second kappa shape index (κ2) is 21.9. The van der Waals surface area contributed by atoms with Crippen molar-refractivity contribution in [1.82, 2.24) is 20.2 Å². The van der Waals surface area contributed by atoms with Crippen LogP contribution in [0, 0.1) is 0 Å². The topological polar surface area (TPSA) is 237 Å². The van der Waals surface area contributed by atoms with Gasteiger partial charge in [0.2, 0.25) is 17.4 Å². The second-order valence-corrected chi connectivity index (χ2v) is 16.5. The van der Waals surface area contributed by atoms with Crippen LogP contribution >= 0.6 is 0 Å². The van der Waals surface area contributed by atoms with Gasteiger partial charge in [-0.2, -0.15) is 0 Å². The number of unbranched alkanes of at least 4 members (excludes halogenated alkanes) is 6. The normalized spacial score (nSPS) is 16.0. The zero-order valence-electron chi connectivity index (χ0n) is 36.8. The first-order valence-electron chi connectivity index (χ1n) is 22.3. The summed E-state index contributed by atoms with van der Waals surface area (Å²) < 4.78 is 12.9. The lowest BCUT2D eigenvalue weighted by Gasteiger charge is -2.35. The predicted octanol–water partition coefficient (Wildman–Crippen LogP) is 5.94. The molecule has 2 aliphatic rings. The van der Waals surface area contributed by atoms with Crippen molar-refractivity contribution in [3.8, 4) is 11.4 Å². The van der Waals surface area contributed by atoms with E-state index in [9.17, 15) is 48.6 Å².